The van der Waals surface area contributed by atoms with Gasteiger partial charge in [0.1, 0.15) is 5.15 Å². The highest BCUT2D eigenvalue weighted by atomic mass is 35.5. The lowest BCUT2D eigenvalue weighted by Gasteiger charge is -2.46. The average molecular weight is 566 g/mol. The molecule has 16 heteroatoms. The molecule has 12 nitrogen and oxygen atoms in total. The van der Waals surface area contributed by atoms with E-state index in [1.54, 1.807) is 12.1 Å². The number of hydrogen-bond acceptors (Lipinski definition) is 10. The van der Waals surface area contributed by atoms with E-state index in [0.29, 0.717) is 48.9 Å². The second-order valence-corrected chi connectivity index (χ2v) is 10.3. The Kier molecular flexibility index (Phi) is 6.59. The van der Waals surface area contributed by atoms with Gasteiger partial charge in [0, 0.05) is 57.9 Å². The summed E-state index contributed by atoms with van der Waals surface area (Å²) in [5.41, 5.74) is 5.22. The number of rotatable bonds is 6. The first-order valence-corrected chi connectivity index (χ1v) is 13.0. The van der Waals surface area contributed by atoms with Crippen molar-refractivity contribution in [2.75, 3.05) is 43.8 Å². The van der Waals surface area contributed by atoms with Gasteiger partial charge in [-0.2, -0.15) is 37.7 Å². The normalized spacial score (nSPS) is 20.9. The van der Waals surface area contributed by atoms with Gasteiger partial charge in [0.25, 0.3) is 5.78 Å². The summed E-state index contributed by atoms with van der Waals surface area (Å²) in [5, 5.41) is 11.2. The number of nitrogens with zero attached hydrogens (tertiary/aromatic N) is 9. The molecule has 39 heavy (non-hydrogen) atoms. The summed E-state index contributed by atoms with van der Waals surface area (Å²) in [6, 6.07) is 3.78. The van der Waals surface area contributed by atoms with Gasteiger partial charge in [0.15, 0.2) is 11.5 Å². The van der Waals surface area contributed by atoms with E-state index >= 15 is 0 Å². The third-order valence-corrected chi connectivity index (χ3v) is 7.81. The number of fused-ring (bicyclic) bond motifs is 2. The van der Waals surface area contributed by atoms with Gasteiger partial charge in [-0.3, -0.25) is 14.5 Å². The quantitative estimate of drug-likeness (QED) is 0.360. The fourth-order valence-corrected chi connectivity index (χ4v) is 5.59. The third-order valence-electron chi connectivity index (χ3n) is 7.33. The number of halogens is 4. The van der Waals surface area contributed by atoms with E-state index < -0.39 is 11.9 Å². The molecule has 2 aliphatic rings. The van der Waals surface area contributed by atoms with Crippen LogP contribution in [0.5, 0.6) is 0 Å². The Morgan fingerprint density at radius 2 is 2.00 bits per heavy atom. The smallest absolute Gasteiger partial charge is 0.435 e. The molecule has 0 amide bonds. The Morgan fingerprint density at radius 3 is 2.77 bits per heavy atom. The van der Waals surface area contributed by atoms with Crippen LogP contribution in [0, 0.1) is 5.92 Å². The summed E-state index contributed by atoms with van der Waals surface area (Å²) in [6.07, 6.45) is -1.09. The van der Waals surface area contributed by atoms with Crippen LogP contribution < -0.4 is 11.1 Å². The van der Waals surface area contributed by atoms with E-state index in [2.05, 4.69) is 35.4 Å². The fourth-order valence-electron chi connectivity index (χ4n) is 5.40. The van der Waals surface area contributed by atoms with Crippen molar-refractivity contribution in [3.05, 3.63) is 34.8 Å². The number of piperidine rings is 1. The maximum Gasteiger partial charge on any atom is 0.435 e. The summed E-state index contributed by atoms with van der Waals surface area (Å²) in [6.45, 7) is 3.76. The minimum atomic E-state index is -4.54. The van der Waals surface area contributed by atoms with Crippen LogP contribution >= 0.6 is 11.6 Å². The molecule has 2 fully saturated rings. The number of alkyl halides is 3. The predicted octanol–water partition coefficient (Wildman–Crippen LogP) is 2.78. The number of nitrogen functional groups attached to an aromatic ring is 1. The van der Waals surface area contributed by atoms with Gasteiger partial charge in [0.05, 0.1) is 6.26 Å². The van der Waals surface area contributed by atoms with Crippen LogP contribution in [0.25, 0.3) is 17.4 Å². The first kappa shape index (κ1) is 25.8. The monoisotopic (exact) mass is 565 g/mol. The zero-order chi connectivity index (χ0) is 27.3. The molecule has 2 atom stereocenters. The molecule has 4 aromatic rings. The second kappa shape index (κ2) is 9.95. The minimum absolute atomic E-state index is 0.0314. The third kappa shape index (κ3) is 5.13. The van der Waals surface area contributed by atoms with Gasteiger partial charge in [-0.1, -0.05) is 11.6 Å². The standard InChI is InChI=1S/C23H27ClF3N11O/c1-35-18(24)15(17(33-35)23(25,26)27)12-36-6-7-37-10-13(4-5-14(37)11-36)9-29-21-31-20(28)38-22(32-21)30-19(34-38)16-3-2-8-39-16/h2-3,8,13-14H,4-7,9-12H2,1H3,(H3,28,29,30,31,32,34). The van der Waals surface area contributed by atoms with Crippen LogP contribution in [0.1, 0.15) is 24.1 Å². The number of nitrogens with one attached hydrogen (secondary N) is 1. The van der Waals surface area contributed by atoms with Crippen LogP contribution in [0.4, 0.5) is 25.1 Å². The number of nitrogens with two attached hydrogens (primary N) is 1. The zero-order valence-corrected chi connectivity index (χ0v) is 21.8. The molecule has 6 heterocycles. The van der Waals surface area contributed by atoms with Crippen molar-refractivity contribution in [1.29, 1.82) is 0 Å². The summed E-state index contributed by atoms with van der Waals surface area (Å²) in [7, 11) is 1.43. The summed E-state index contributed by atoms with van der Waals surface area (Å²) >= 11 is 6.17. The second-order valence-electron chi connectivity index (χ2n) is 9.98. The van der Waals surface area contributed by atoms with E-state index in [1.807, 2.05) is 4.90 Å². The molecule has 2 unspecified atom stereocenters. The van der Waals surface area contributed by atoms with Crippen LogP contribution in [-0.4, -0.2) is 82.9 Å². The van der Waals surface area contributed by atoms with Crippen LogP contribution in [0.2, 0.25) is 5.15 Å². The lowest BCUT2D eigenvalue weighted by molar-refractivity contribution is -0.142. The van der Waals surface area contributed by atoms with Gasteiger partial charge in [-0.25, -0.2) is 0 Å². The number of piperazine rings is 1. The largest absolute Gasteiger partial charge is 0.461 e. The fraction of sp³-hybridized carbons (Fsp3) is 0.522. The Labute approximate surface area is 225 Å². The highest BCUT2D eigenvalue weighted by Crippen LogP contribution is 2.35. The van der Waals surface area contributed by atoms with Crippen LogP contribution in [0.3, 0.4) is 0 Å². The van der Waals surface area contributed by atoms with E-state index in [-0.39, 0.29) is 29.3 Å². The molecule has 0 spiro atoms. The Bertz CT molecular complexity index is 1470. The molecule has 0 aliphatic carbocycles. The van der Waals surface area contributed by atoms with E-state index in [4.69, 9.17) is 21.8 Å². The van der Waals surface area contributed by atoms with E-state index in [0.717, 1.165) is 30.6 Å². The van der Waals surface area contributed by atoms with Crippen molar-refractivity contribution in [2.45, 2.75) is 31.6 Å². The predicted molar refractivity (Wildman–Crippen MR) is 136 cm³/mol. The Morgan fingerprint density at radius 1 is 1.15 bits per heavy atom. The van der Waals surface area contributed by atoms with Crippen LogP contribution in [0.15, 0.2) is 22.8 Å². The molecule has 2 saturated heterocycles. The van der Waals surface area contributed by atoms with Crippen molar-refractivity contribution in [3.63, 3.8) is 0 Å². The summed E-state index contributed by atoms with van der Waals surface area (Å²) < 4.78 is 48.2. The molecule has 6 rings (SSSR count). The molecule has 0 saturated carbocycles. The first-order valence-electron chi connectivity index (χ1n) is 12.6. The number of aryl methyl sites for hydroxylation is 1. The molecular formula is C23H27ClF3N11O. The Balaban J connectivity index is 1.05. The van der Waals surface area contributed by atoms with Gasteiger partial charge in [-0.15, -0.1) is 5.10 Å². The summed E-state index contributed by atoms with van der Waals surface area (Å²) in [5.74, 6) is 2.09. The molecule has 0 aromatic carbocycles. The lowest BCUT2D eigenvalue weighted by Crippen LogP contribution is -2.56. The number of anilines is 2. The Hall–Kier alpha value is -3.43. The van der Waals surface area contributed by atoms with Crippen molar-refractivity contribution < 1.29 is 17.6 Å². The highest BCUT2D eigenvalue weighted by Gasteiger charge is 2.40. The lowest BCUT2D eigenvalue weighted by atomic mass is 9.91. The molecule has 4 aromatic heterocycles. The van der Waals surface area contributed by atoms with Gasteiger partial charge in [0.2, 0.25) is 17.7 Å². The zero-order valence-electron chi connectivity index (χ0n) is 21.1. The van der Waals surface area contributed by atoms with Gasteiger partial charge >= 0.3 is 6.18 Å². The number of aromatic nitrogens is 7. The van der Waals surface area contributed by atoms with Crippen molar-refractivity contribution in [3.8, 4) is 11.6 Å². The van der Waals surface area contributed by atoms with E-state index in [9.17, 15) is 13.2 Å². The molecule has 2 aliphatic heterocycles. The highest BCUT2D eigenvalue weighted by molar-refractivity contribution is 6.30. The van der Waals surface area contributed by atoms with Crippen LogP contribution in [-0.2, 0) is 19.8 Å². The molecular weight excluding hydrogens is 539 g/mol. The molecule has 0 bridgehead atoms. The topological polar surface area (TPSA) is 131 Å². The van der Waals surface area contributed by atoms with Crippen molar-refractivity contribution in [2.24, 2.45) is 13.0 Å². The summed E-state index contributed by atoms with van der Waals surface area (Å²) in [4.78, 5) is 17.6. The average Bonchev–Trinajstić information content (AvgIpc) is 3.64. The van der Waals surface area contributed by atoms with Gasteiger partial charge in [-0.05, 0) is 30.9 Å². The number of hydrogen-bond donors (Lipinski definition) is 2. The maximum atomic E-state index is 13.5. The SMILES string of the molecule is Cn1nc(C(F)(F)F)c(CN2CCN3CC(CNc4nc(N)n5nc(-c6ccco6)nc5n4)CCC3C2)c1Cl. The molecule has 3 N–H and O–H groups in total. The molecule has 208 valence electrons. The van der Waals surface area contributed by atoms with E-state index in [1.165, 1.54) is 17.8 Å². The minimum Gasteiger partial charge on any atom is -0.461 e. The van der Waals surface area contributed by atoms with Crippen molar-refractivity contribution >= 4 is 29.3 Å². The first-order chi connectivity index (χ1) is 18.7. The maximum absolute atomic E-state index is 13.5. The number of furan rings is 1. The van der Waals surface area contributed by atoms with Gasteiger partial charge < -0.3 is 15.5 Å². The molecule has 0 radical (unpaired) electrons. The van der Waals surface area contributed by atoms with Crippen molar-refractivity contribution in [1.82, 2.24) is 44.1 Å².